The van der Waals surface area contributed by atoms with Crippen molar-refractivity contribution in [2.75, 3.05) is 18.8 Å². The van der Waals surface area contributed by atoms with Crippen LogP contribution in [0.1, 0.15) is 19.8 Å². The fraction of sp³-hybridized carbons (Fsp3) is 0.462. The van der Waals surface area contributed by atoms with Crippen LogP contribution in [0.2, 0.25) is 0 Å². The van der Waals surface area contributed by atoms with Crippen molar-refractivity contribution in [2.24, 2.45) is 5.92 Å². The van der Waals surface area contributed by atoms with Gasteiger partial charge >= 0.3 is 0 Å². The molecule has 3 heterocycles. The van der Waals surface area contributed by atoms with Crippen LogP contribution in [0.15, 0.2) is 29.4 Å². The fourth-order valence-electron chi connectivity index (χ4n) is 2.73. The number of anilines is 1. The van der Waals surface area contributed by atoms with E-state index in [0.29, 0.717) is 24.7 Å². The summed E-state index contributed by atoms with van der Waals surface area (Å²) in [6.45, 7) is 3.16. The van der Waals surface area contributed by atoms with Crippen LogP contribution in [-0.4, -0.2) is 35.2 Å². The highest BCUT2D eigenvalue weighted by molar-refractivity contribution is 7.89. The molecular weight excluding hydrogens is 276 g/mol. The zero-order valence-corrected chi connectivity index (χ0v) is 12.2. The molecule has 1 unspecified atom stereocenters. The molecule has 0 amide bonds. The molecule has 1 aliphatic rings. The Balaban J connectivity index is 2.11. The molecule has 1 fully saturated rings. The van der Waals surface area contributed by atoms with Gasteiger partial charge in [-0.3, -0.25) is 4.40 Å². The van der Waals surface area contributed by atoms with Crippen molar-refractivity contribution in [3.8, 4) is 0 Å². The smallest absolute Gasteiger partial charge is 0.262 e. The lowest BCUT2D eigenvalue weighted by Gasteiger charge is -2.29. The monoisotopic (exact) mass is 294 g/mol. The van der Waals surface area contributed by atoms with Gasteiger partial charge in [-0.1, -0.05) is 13.0 Å². The first kappa shape index (κ1) is 13.4. The summed E-state index contributed by atoms with van der Waals surface area (Å²) in [5, 5.41) is 0.0854. The third kappa shape index (κ3) is 2.06. The molecule has 2 aromatic rings. The molecule has 20 heavy (non-hydrogen) atoms. The van der Waals surface area contributed by atoms with E-state index in [9.17, 15) is 8.42 Å². The van der Waals surface area contributed by atoms with Crippen molar-refractivity contribution >= 4 is 21.5 Å². The summed E-state index contributed by atoms with van der Waals surface area (Å²) in [5.74, 6) is 0.438. The summed E-state index contributed by atoms with van der Waals surface area (Å²) in [6, 6.07) is 5.32. The van der Waals surface area contributed by atoms with E-state index in [4.69, 9.17) is 5.73 Å². The average Bonchev–Trinajstić information content (AvgIpc) is 2.75. The topological polar surface area (TPSA) is 80.7 Å². The number of rotatable bonds is 2. The molecule has 6 nitrogen and oxygen atoms in total. The minimum absolute atomic E-state index is 0.0643. The predicted molar refractivity (Wildman–Crippen MR) is 76.8 cm³/mol. The highest BCUT2D eigenvalue weighted by Gasteiger charge is 2.33. The van der Waals surface area contributed by atoms with Gasteiger partial charge in [0, 0.05) is 19.3 Å². The van der Waals surface area contributed by atoms with Gasteiger partial charge in [-0.2, -0.15) is 4.31 Å². The molecule has 3 rings (SSSR count). The molecule has 0 saturated carbocycles. The van der Waals surface area contributed by atoms with Crippen LogP contribution in [-0.2, 0) is 10.0 Å². The molecule has 1 aliphatic heterocycles. The Labute approximate surface area is 118 Å². The Bertz CT molecular complexity index is 738. The average molecular weight is 294 g/mol. The van der Waals surface area contributed by atoms with Gasteiger partial charge in [-0.15, -0.1) is 0 Å². The van der Waals surface area contributed by atoms with Crippen LogP contribution in [0.3, 0.4) is 0 Å². The quantitative estimate of drug-likeness (QED) is 0.906. The fourth-order valence-corrected chi connectivity index (χ4v) is 4.51. The van der Waals surface area contributed by atoms with Crippen molar-refractivity contribution in [1.82, 2.24) is 13.7 Å². The van der Waals surface area contributed by atoms with Gasteiger partial charge in [0.25, 0.3) is 10.0 Å². The van der Waals surface area contributed by atoms with E-state index in [1.54, 1.807) is 28.8 Å². The van der Waals surface area contributed by atoms with Crippen molar-refractivity contribution in [3.63, 3.8) is 0 Å². The first-order valence-corrected chi connectivity index (χ1v) is 8.17. The van der Waals surface area contributed by atoms with E-state index in [1.807, 2.05) is 0 Å². The Morgan fingerprint density at radius 3 is 2.95 bits per heavy atom. The van der Waals surface area contributed by atoms with E-state index >= 15 is 0 Å². The van der Waals surface area contributed by atoms with E-state index < -0.39 is 10.0 Å². The second-order valence-electron chi connectivity index (χ2n) is 5.34. The van der Waals surface area contributed by atoms with E-state index in [2.05, 4.69) is 11.9 Å². The number of nitrogens with zero attached hydrogens (tertiary/aromatic N) is 3. The third-order valence-corrected chi connectivity index (χ3v) is 5.62. The molecule has 0 aliphatic carbocycles. The lowest BCUT2D eigenvalue weighted by atomic mass is 10.0. The zero-order chi connectivity index (χ0) is 14.3. The molecular formula is C13H18N4O2S. The highest BCUT2D eigenvalue weighted by Crippen LogP contribution is 2.27. The molecule has 2 N–H and O–H groups in total. The number of nitrogens with two attached hydrogens (primary N) is 1. The van der Waals surface area contributed by atoms with Gasteiger partial charge in [0.2, 0.25) is 0 Å². The summed E-state index contributed by atoms with van der Waals surface area (Å²) in [5.41, 5.74) is 6.39. The molecule has 0 radical (unpaired) electrons. The van der Waals surface area contributed by atoms with Crippen molar-refractivity contribution in [2.45, 2.75) is 24.8 Å². The molecule has 0 bridgehead atoms. The minimum atomic E-state index is -3.60. The second-order valence-corrected chi connectivity index (χ2v) is 7.19. The molecule has 1 atom stereocenters. The van der Waals surface area contributed by atoms with Crippen molar-refractivity contribution in [1.29, 1.82) is 0 Å². The first-order valence-electron chi connectivity index (χ1n) is 6.73. The van der Waals surface area contributed by atoms with E-state index in [-0.39, 0.29) is 10.8 Å². The zero-order valence-electron chi connectivity index (χ0n) is 11.4. The molecule has 1 saturated heterocycles. The highest BCUT2D eigenvalue weighted by atomic mass is 32.2. The van der Waals surface area contributed by atoms with E-state index in [0.717, 1.165) is 12.8 Å². The molecule has 7 heteroatoms. The predicted octanol–water partition coefficient (Wildman–Crippen LogP) is 1.34. The van der Waals surface area contributed by atoms with Gasteiger partial charge in [0.1, 0.15) is 5.65 Å². The van der Waals surface area contributed by atoms with Gasteiger partial charge in [0.15, 0.2) is 10.8 Å². The number of nitrogen functional groups attached to an aromatic ring is 1. The minimum Gasteiger partial charge on any atom is -0.381 e. The largest absolute Gasteiger partial charge is 0.381 e. The number of sulfonamides is 1. The van der Waals surface area contributed by atoms with Crippen LogP contribution in [0.4, 0.5) is 5.82 Å². The maximum absolute atomic E-state index is 12.8. The summed E-state index contributed by atoms with van der Waals surface area (Å²) in [7, 11) is -3.60. The second kappa shape index (κ2) is 4.75. The standard InChI is InChI=1S/C13H18N4O2S/c1-10-5-4-7-16(9-10)20(18,19)13-12(14)15-11-6-2-3-8-17(11)13/h2-3,6,8,10H,4-5,7,9,14H2,1H3. The lowest BCUT2D eigenvalue weighted by molar-refractivity contribution is 0.280. The van der Waals surface area contributed by atoms with Gasteiger partial charge < -0.3 is 5.73 Å². The molecule has 2 aromatic heterocycles. The first-order chi connectivity index (χ1) is 9.50. The Hall–Kier alpha value is -1.60. The van der Waals surface area contributed by atoms with Crippen LogP contribution < -0.4 is 5.73 Å². The number of hydrogen-bond acceptors (Lipinski definition) is 4. The normalized spacial score (nSPS) is 21.4. The maximum Gasteiger partial charge on any atom is 0.262 e. The number of piperidine rings is 1. The van der Waals surface area contributed by atoms with Crippen LogP contribution in [0.5, 0.6) is 0 Å². The van der Waals surface area contributed by atoms with Gasteiger partial charge in [-0.25, -0.2) is 13.4 Å². The van der Waals surface area contributed by atoms with Crippen molar-refractivity contribution < 1.29 is 8.42 Å². The summed E-state index contributed by atoms with van der Waals surface area (Å²) < 4.78 is 28.7. The molecule has 108 valence electrons. The molecule has 0 aromatic carbocycles. The van der Waals surface area contributed by atoms with Crippen LogP contribution in [0, 0.1) is 5.92 Å². The number of pyridine rings is 1. The third-order valence-electron chi connectivity index (χ3n) is 3.72. The molecule has 0 spiro atoms. The Kier molecular flexibility index (Phi) is 3.18. The summed E-state index contributed by atoms with van der Waals surface area (Å²) >= 11 is 0. The van der Waals surface area contributed by atoms with Crippen molar-refractivity contribution in [3.05, 3.63) is 24.4 Å². The number of aromatic nitrogens is 2. The number of imidazole rings is 1. The lowest BCUT2D eigenvalue weighted by Crippen LogP contribution is -2.39. The van der Waals surface area contributed by atoms with Gasteiger partial charge in [0.05, 0.1) is 0 Å². The van der Waals surface area contributed by atoms with Crippen LogP contribution in [0.25, 0.3) is 5.65 Å². The summed E-state index contributed by atoms with van der Waals surface area (Å²) in [4.78, 5) is 4.13. The Morgan fingerprint density at radius 1 is 1.40 bits per heavy atom. The Morgan fingerprint density at radius 2 is 2.20 bits per heavy atom. The SMILES string of the molecule is CC1CCCN(S(=O)(=O)c2c(N)nc3ccccn23)C1. The van der Waals surface area contributed by atoms with Gasteiger partial charge in [-0.05, 0) is 30.9 Å². The number of hydrogen-bond donors (Lipinski definition) is 1. The number of fused-ring (bicyclic) bond motifs is 1. The van der Waals surface area contributed by atoms with E-state index in [1.165, 1.54) is 4.31 Å². The van der Waals surface area contributed by atoms with Crippen LogP contribution >= 0.6 is 0 Å². The maximum atomic E-state index is 12.8. The summed E-state index contributed by atoms with van der Waals surface area (Å²) in [6.07, 6.45) is 3.63.